The summed E-state index contributed by atoms with van der Waals surface area (Å²) in [5.74, 6) is -1.41. The Morgan fingerprint density at radius 3 is 2.50 bits per heavy atom. The zero-order valence-corrected chi connectivity index (χ0v) is 11.2. The molecule has 0 aliphatic carbocycles. The van der Waals surface area contributed by atoms with Gasteiger partial charge in [0.25, 0.3) is 11.6 Å². The topological polar surface area (TPSA) is 107 Å². The highest BCUT2D eigenvalue weighted by Gasteiger charge is 2.25. The first kappa shape index (κ1) is 15.2. The normalized spacial score (nSPS) is 11.3. The molecule has 0 saturated heterocycles. The van der Waals surface area contributed by atoms with E-state index in [2.05, 4.69) is 0 Å². The Kier molecular flexibility index (Phi) is 4.43. The maximum Gasteiger partial charge on any atom is 0.283 e. The lowest BCUT2D eigenvalue weighted by Gasteiger charge is -2.11. The third-order valence-corrected chi connectivity index (χ3v) is 2.64. The van der Waals surface area contributed by atoms with E-state index in [1.165, 1.54) is 39.2 Å². The number of nitro groups is 1. The third kappa shape index (κ3) is 2.75. The highest BCUT2D eigenvalue weighted by Crippen LogP contribution is 2.29. The molecule has 7 nitrogen and oxygen atoms in total. The van der Waals surface area contributed by atoms with Crippen LogP contribution in [0.4, 0.5) is 5.69 Å². The van der Waals surface area contributed by atoms with Crippen LogP contribution < -0.4 is 0 Å². The quantitative estimate of drug-likeness (QED) is 0.297. The number of nitro benzene ring substituents is 1. The number of nitrogens with zero attached hydrogens (tertiary/aromatic N) is 3. The summed E-state index contributed by atoms with van der Waals surface area (Å²) in [5.41, 5.74) is -0.691. The number of carbonyl (C=O) groups is 1. The van der Waals surface area contributed by atoms with Gasteiger partial charge in [0, 0.05) is 19.7 Å². The molecule has 0 atom stereocenters. The Morgan fingerprint density at radius 2 is 2.05 bits per heavy atom. The molecule has 0 spiro atoms. The van der Waals surface area contributed by atoms with Crippen LogP contribution >= 0.6 is 0 Å². The van der Waals surface area contributed by atoms with Gasteiger partial charge in [0.1, 0.15) is 6.07 Å². The van der Waals surface area contributed by atoms with Gasteiger partial charge >= 0.3 is 0 Å². The minimum absolute atomic E-state index is 0.151. The highest BCUT2D eigenvalue weighted by atomic mass is 16.6. The van der Waals surface area contributed by atoms with Crippen LogP contribution in [0, 0.1) is 28.4 Å². The van der Waals surface area contributed by atoms with E-state index in [1.54, 1.807) is 6.07 Å². The number of nitriles is 1. The van der Waals surface area contributed by atoms with Gasteiger partial charge in [-0.05, 0) is 13.0 Å². The Bertz CT molecular complexity index is 642. The minimum atomic E-state index is -0.721. The van der Waals surface area contributed by atoms with E-state index in [4.69, 9.17) is 5.26 Å². The summed E-state index contributed by atoms with van der Waals surface area (Å²) in [6.45, 7) is 1.51. The average molecular weight is 275 g/mol. The molecular weight excluding hydrogens is 262 g/mol. The van der Waals surface area contributed by atoms with Gasteiger partial charge in [-0.25, -0.2) is 0 Å². The van der Waals surface area contributed by atoms with Crippen LogP contribution in [0.2, 0.25) is 0 Å². The Hall–Kier alpha value is -2.88. The molecule has 0 aromatic heterocycles. The molecule has 0 unspecified atom stereocenters. The predicted molar refractivity (Wildman–Crippen MR) is 71.7 cm³/mol. The van der Waals surface area contributed by atoms with Crippen LogP contribution in [0.3, 0.4) is 0 Å². The number of para-hydroxylation sites is 1. The number of hydrogen-bond donors (Lipinski definition) is 1. The van der Waals surface area contributed by atoms with E-state index in [0.29, 0.717) is 5.56 Å². The van der Waals surface area contributed by atoms with Crippen molar-refractivity contribution in [3.8, 4) is 6.07 Å². The molecule has 0 saturated carbocycles. The smallest absolute Gasteiger partial charge is 0.283 e. The molecule has 7 heteroatoms. The van der Waals surface area contributed by atoms with Crippen LogP contribution in [-0.4, -0.2) is 34.9 Å². The molecule has 0 radical (unpaired) electrons. The highest BCUT2D eigenvalue weighted by molar-refractivity contribution is 6.03. The number of aliphatic hydroxyl groups excluding tert-OH is 1. The van der Waals surface area contributed by atoms with E-state index in [-0.39, 0.29) is 11.3 Å². The van der Waals surface area contributed by atoms with Crippen LogP contribution in [-0.2, 0) is 4.79 Å². The van der Waals surface area contributed by atoms with Gasteiger partial charge < -0.3 is 10.0 Å². The van der Waals surface area contributed by atoms with Gasteiger partial charge in [-0.15, -0.1) is 0 Å². The number of amides is 1. The molecule has 1 aromatic carbocycles. The minimum Gasteiger partial charge on any atom is -0.505 e. The Morgan fingerprint density at radius 1 is 1.45 bits per heavy atom. The van der Waals surface area contributed by atoms with Crippen molar-refractivity contribution in [1.82, 2.24) is 4.90 Å². The fraction of sp³-hybridized carbons (Fsp3) is 0.231. The lowest BCUT2D eigenvalue weighted by Crippen LogP contribution is -2.24. The summed E-state index contributed by atoms with van der Waals surface area (Å²) in [6, 6.07) is 5.89. The largest absolute Gasteiger partial charge is 0.505 e. The first-order valence-corrected chi connectivity index (χ1v) is 5.60. The van der Waals surface area contributed by atoms with Crippen molar-refractivity contribution in [3.63, 3.8) is 0 Å². The maximum absolute atomic E-state index is 11.8. The van der Waals surface area contributed by atoms with Gasteiger partial charge in [-0.2, -0.15) is 5.26 Å². The number of hydrogen-bond acceptors (Lipinski definition) is 5. The summed E-state index contributed by atoms with van der Waals surface area (Å²) in [4.78, 5) is 23.3. The Labute approximate surface area is 115 Å². The first-order chi connectivity index (χ1) is 9.31. The van der Waals surface area contributed by atoms with Crippen molar-refractivity contribution in [3.05, 3.63) is 45.0 Å². The summed E-state index contributed by atoms with van der Waals surface area (Å²) >= 11 is 0. The second-order valence-corrected chi connectivity index (χ2v) is 4.26. The second-order valence-electron chi connectivity index (χ2n) is 4.26. The van der Waals surface area contributed by atoms with Gasteiger partial charge in [0.2, 0.25) is 0 Å². The zero-order chi connectivity index (χ0) is 15.4. The molecule has 0 aliphatic rings. The molecule has 1 amide bonds. The van der Waals surface area contributed by atoms with Crippen molar-refractivity contribution in [2.45, 2.75) is 6.92 Å². The molecule has 1 rings (SSSR count). The van der Waals surface area contributed by atoms with E-state index in [0.717, 1.165) is 4.90 Å². The molecule has 0 heterocycles. The number of rotatable bonds is 3. The van der Waals surface area contributed by atoms with E-state index < -0.39 is 22.2 Å². The Balaban J connectivity index is 3.59. The van der Waals surface area contributed by atoms with Crippen molar-refractivity contribution in [2.75, 3.05) is 14.1 Å². The monoisotopic (exact) mass is 275 g/mol. The number of aliphatic hydroxyl groups is 1. The summed E-state index contributed by atoms with van der Waals surface area (Å²) in [7, 11) is 2.83. The van der Waals surface area contributed by atoms with Crippen molar-refractivity contribution in [1.29, 1.82) is 5.26 Å². The number of likely N-dealkylation sites (N-methyl/N-ethyl adjacent to an activating group) is 1. The van der Waals surface area contributed by atoms with Crippen LogP contribution in [0.15, 0.2) is 23.8 Å². The molecule has 1 aromatic rings. The number of benzene rings is 1. The summed E-state index contributed by atoms with van der Waals surface area (Å²) in [5, 5.41) is 30.1. The van der Waals surface area contributed by atoms with Crippen LogP contribution in [0.25, 0.3) is 5.76 Å². The summed E-state index contributed by atoms with van der Waals surface area (Å²) in [6.07, 6.45) is 0. The standard InChI is InChI=1S/C13H13N3O4/c1-8-5-4-6-9(11(8)16(19)20)12(17)10(7-14)13(18)15(2)3/h4-6,17H,1-3H3. The average Bonchev–Trinajstić information content (AvgIpc) is 2.38. The molecule has 0 bridgehead atoms. The lowest BCUT2D eigenvalue weighted by molar-refractivity contribution is -0.385. The van der Waals surface area contributed by atoms with E-state index >= 15 is 0 Å². The fourth-order valence-corrected chi connectivity index (χ4v) is 1.65. The van der Waals surface area contributed by atoms with Gasteiger partial charge in [0.15, 0.2) is 11.3 Å². The molecule has 104 valence electrons. The molecule has 0 fully saturated rings. The van der Waals surface area contributed by atoms with Crippen molar-refractivity contribution >= 4 is 17.4 Å². The molecule has 0 aliphatic heterocycles. The first-order valence-electron chi connectivity index (χ1n) is 5.60. The van der Waals surface area contributed by atoms with Gasteiger partial charge in [-0.3, -0.25) is 14.9 Å². The van der Waals surface area contributed by atoms with Crippen molar-refractivity contribution in [2.24, 2.45) is 0 Å². The molecule has 20 heavy (non-hydrogen) atoms. The van der Waals surface area contributed by atoms with Crippen molar-refractivity contribution < 1.29 is 14.8 Å². The second kappa shape index (κ2) is 5.84. The van der Waals surface area contributed by atoms with Crippen LogP contribution in [0.5, 0.6) is 0 Å². The molecular formula is C13H13N3O4. The molecule has 1 N–H and O–H groups in total. The third-order valence-electron chi connectivity index (χ3n) is 2.64. The summed E-state index contributed by atoms with van der Waals surface area (Å²) < 4.78 is 0. The van der Waals surface area contributed by atoms with Gasteiger partial charge in [-0.1, -0.05) is 12.1 Å². The zero-order valence-electron chi connectivity index (χ0n) is 11.2. The maximum atomic E-state index is 11.8. The predicted octanol–water partition coefficient (Wildman–Crippen LogP) is 1.78. The lowest BCUT2D eigenvalue weighted by atomic mass is 10.0. The fourth-order valence-electron chi connectivity index (χ4n) is 1.65. The van der Waals surface area contributed by atoms with E-state index in [9.17, 15) is 20.0 Å². The SMILES string of the molecule is Cc1cccc(C(O)=C(C#N)C(=O)N(C)C)c1[N+](=O)[O-]. The van der Waals surface area contributed by atoms with E-state index in [1.807, 2.05) is 0 Å². The van der Waals surface area contributed by atoms with Crippen LogP contribution in [0.1, 0.15) is 11.1 Å². The van der Waals surface area contributed by atoms with Gasteiger partial charge in [0.05, 0.1) is 10.5 Å². The number of aryl methyl sites for hydroxylation is 1. The number of carbonyl (C=O) groups excluding carboxylic acids is 1.